The molecule has 1 fully saturated rings. The zero-order valence-corrected chi connectivity index (χ0v) is 13.5. The van der Waals surface area contributed by atoms with E-state index in [1.54, 1.807) is 0 Å². The van der Waals surface area contributed by atoms with Gasteiger partial charge in [-0.25, -0.2) is 8.42 Å². The molecule has 1 atom stereocenters. The fourth-order valence-corrected chi connectivity index (χ4v) is 4.12. The van der Waals surface area contributed by atoms with Crippen molar-refractivity contribution < 1.29 is 26.3 Å². The lowest BCUT2D eigenvalue weighted by Crippen LogP contribution is -2.32. The maximum absolute atomic E-state index is 12.1. The van der Waals surface area contributed by atoms with Crippen molar-refractivity contribution in [3.63, 3.8) is 0 Å². The van der Waals surface area contributed by atoms with Gasteiger partial charge >= 0.3 is 6.36 Å². The van der Waals surface area contributed by atoms with Crippen LogP contribution in [0, 0.1) is 0 Å². The van der Waals surface area contributed by atoms with E-state index in [2.05, 4.69) is 15.0 Å². The molecule has 1 aliphatic rings. The molecule has 1 aromatic carbocycles. The van der Waals surface area contributed by atoms with Crippen LogP contribution in [0.5, 0.6) is 5.75 Å². The number of nitrogens with one attached hydrogen (secondary N) is 1. The quantitative estimate of drug-likeness (QED) is 0.631. The first-order valence-electron chi connectivity index (χ1n) is 7.30. The number of anilines is 1. The van der Waals surface area contributed by atoms with Crippen LogP contribution in [-0.2, 0) is 9.84 Å². The first-order chi connectivity index (χ1) is 11.2. The number of sulfone groups is 1. The van der Waals surface area contributed by atoms with E-state index in [9.17, 15) is 21.6 Å². The van der Waals surface area contributed by atoms with Gasteiger partial charge in [-0.05, 0) is 37.1 Å². The Kier molecular flexibility index (Phi) is 5.58. The van der Waals surface area contributed by atoms with E-state index < -0.39 is 21.4 Å². The summed E-state index contributed by atoms with van der Waals surface area (Å²) in [5.41, 5.74) is 6.10. The number of benzene rings is 1. The Balaban J connectivity index is 1.92. The van der Waals surface area contributed by atoms with Crippen LogP contribution in [-0.4, -0.2) is 38.3 Å². The van der Waals surface area contributed by atoms with Crippen LogP contribution in [0.3, 0.4) is 0 Å². The lowest BCUT2D eigenvalue weighted by molar-refractivity contribution is -0.274. The summed E-state index contributed by atoms with van der Waals surface area (Å²) >= 11 is 0. The van der Waals surface area contributed by atoms with Crippen LogP contribution in [0.25, 0.3) is 0 Å². The predicted octanol–water partition coefficient (Wildman–Crippen LogP) is 2.28. The van der Waals surface area contributed by atoms with E-state index in [0.717, 1.165) is 18.6 Å². The Morgan fingerprint density at radius 2 is 1.96 bits per heavy atom. The monoisotopic (exact) mass is 365 g/mol. The number of hydrogen-bond donors (Lipinski definition) is 2. The molecule has 6 nitrogen and oxygen atoms in total. The van der Waals surface area contributed by atoms with Crippen LogP contribution < -0.4 is 15.8 Å². The van der Waals surface area contributed by atoms with Crippen molar-refractivity contribution in [2.45, 2.75) is 30.9 Å². The molecule has 1 heterocycles. The molecule has 1 unspecified atom stereocenters. The summed E-state index contributed by atoms with van der Waals surface area (Å²) in [7, 11) is -3.13. The van der Waals surface area contributed by atoms with Crippen molar-refractivity contribution in [1.29, 1.82) is 0 Å². The van der Waals surface area contributed by atoms with Gasteiger partial charge < -0.3 is 15.8 Å². The van der Waals surface area contributed by atoms with Crippen LogP contribution in [0.1, 0.15) is 19.3 Å². The van der Waals surface area contributed by atoms with Gasteiger partial charge in [0, 0.05) is 5.69 Å². The zero-order chi connectivity index (χ0) is 17.8. The molecule has 0 saturated carbocycles. The van der Waals surface area contributed by atoms with Gasteiger partial charge in [0.25, 0.3) is 0 Å². The van der Waals surface area contributed by atoms with E-state index in [-0.39, 0.29) is 24.0 Å². The van der Waals surface area contributed by atoms with Crippen LogP contribution in [0.2, 0.25) is 0 Å². The molecule has 10 heteroatoms. The van der Waals surface area contributed by atoms with Crippen molar-refractivity contribution in [2.75, 3.05) is 17.6 Å². The topological polar surface area (TPSA) is 93.8 Å². The molecule has 134 valence electrons. The lowest BCUT2D eigenvalue weighted by Gasteiger charge is -2.20. The summed E-state index contributed by atoms with van der Waals surface area (Å²) in [6, 6.07) is 4.96. The summed E-state index contributed by atoms with van der Waals surface area (Å²) in [5.74, 6) is -0.182. The summed E-state index contributed by atoms with van der Waals surface area (Å²) in [6.07, 6.45) is -2.68. The second-order valence-electron chi connectivity index (χ2n) is 5.41. The Labute approximate surface area is 137 Å². The highest BCUT2D eigenvalue weighted by Crippen LogP contribution is 2.24. The smallest absolute Gasteiger partial charge is 0.406 e. The molecule has 0 aromatic heterocycles. The Bertz CT molecular complexity index is 687. The van der Waals surface area contributed by atoms with Crippen molar-refractivity contribution >= 4 is 21.5 Å². The molecular weight excluding hydrogens is 347 g/mol. The first kappa shape index (κ1) is 18.4. The molecular formula is C14H18F3N3O3S. The Hall–Kier alpha value is -1.97. The second-order valence-corrected chi connectivity index (χ2v) is 7.81. The van der Waals surface area contributed by atoms with Crippen molar-refractivity contribution in [2.24, 2.45) is 10.7 Å². The Morgan fingerprint density at radius 3 is 2.54 bits per heavy atom. The molecule has 0 spiro atoms. The van der Waals surface area contributed by atoms with Crippen LogP contribution >= 0.6 is 0 Å². The molecule has 0 aliphatic carbocycles. The standard InChI is InChI=1S/C14H18F3N3O3S/c15-14(16,17)23-11-6-4-10(5-7-11)20-13(18)19-9-12-3-1-2-8-24(12,21)22/h4-7,12H,1-3,8-9H2,(H3,18,19,20). The average molecular weight is 365 g/mol. The highest BCUT2D eigenvalue weighted by Gasteiger charge is 2.31. The minimum Gasteiger partial charge on any atom is -0.406 e. The number of nitrogens with two attached hydrogens (primary N) is 1. The third-order valence-corrected chi connectivity index (χ3v) is 5.80. The van der Waals surface area contributed by atoms with Crippen molar-refractivity contribution in [3.8, 4) is 5.75 Å². The van der Waals surface area contributed by atoms with Crippen molar-refractivity contribution in [3.05, 3.63) is 24.3 Å². The zero-order valence-electron chi connectivity index (χ0n) is 12.7. The van der Waals surface area contributed by atoms with Crippen LogP contribution in [0.4, 0.5) is 18.9 Å². The molecule has 0 bridgehead atoms. The number of hydrogen-bond acceptors (Lipinski definition) is 4. The molecule has 1 aliphatic heterocycles. The van der Waals surface area contributed by atoms with Gasteiger partial charge in [-0.2, -0.15) is 0 Å². The normalized spacial score (nSPS) is 21.3. The third-order valence-electron chi connectivity index (χ3n) is 3.54. The highest BCUT2D eigenvalue weighted by atomic mass is 32.2. The molecule has 2 rings (SSSR count). The van der Waals surface area contributed by atoms with Gasteiger partial charge in [0.1, 0.15) is 5.75 Å². The van der Waals surface area contributed by atoms with E-state index in [4.69, 9.17) is 5.73 Å². The molecule has 24 heavy (non-hydrogen) atoms. The van der Waals surface area contributed by atoms with Gasteiger partial charge in [0.05, 0.1) is 17.5 Å². The number of ether oxygens (including phenoxy) is 1. The first-order valence-corrected chi connectivity index (χ1v) is 9.01. The number of rotatable bonds is 4. The summed E-state index contributed by atoms with van der Waals surface area (Å²) in [4.78, 5) is 4.01. The highest BCUT2D eigenvalue weighted by molar-refractivity contribution is 7.92. The van der Waals surface area contributed by atoms with Gasteiger partial charge in [-0.1, -0.05) is 6.42 Å². The van der Waals surface area contributed by atoms with Gasteiger partial charge in [-0.15, -0.1) is 13.2 Å². The predicted molar refractivity (Wildman–Crippen MR) is 84.7 cm³/mol. The number of halogens is 3. The maximum atomic E-state index is 12.1. The van der Waals surface area contributed by atoms with Gasteiger partial charge in [0.15, 0.2) is 15.8 Å². The van der Waals surface area contributed by atoms with E-state index in [1.807, 2.05) is 0 Å². The molecule has 1 saturated heterocycles. The minimum atomic E-state index is -4.75. The minimum absolute atomic E-state index is 0.000244. The van der Waals surface area contributed by atoms with E-state index in [0.29, 0.717) is 18.5 Å². The molecule has 1 aromatic rings. The lowest BCUT2D eigenvalue weighted by atomic mass is 10.2. The second kappa shape index (κ2) is 7.29. The van der Waals surface area contributed by atoms with Crippen molar-refractivity contribution in [1.82, 2.24) is 0 Å². The molecule has 0 amide bonds. The fraction of sp³-hybridized carbons (Fsp3) is 0.500. The average Bonchev–Trinajstić information content (AvgIpc) is 2.46. The number of guanidine groups is 1. The molecule has 0 radical (unpaired) electrons. The maximum Gasteiger partial charge on any atom is 0.573 e. The fourth-order valence-electron chi connectivity index (χ4n) is 2.35. The largest absolute Gasteiger partial charge is 0.573 e. The van der Waals surface area contributed by atoms with Crippen LogP contribution in [0.15, 0.2) is 29.3 Å². The van der Waals surface area contributed by atoms with Gasteiger partial charge in [0.2, 0.25) is 0 Å². The summed E-state index contributed by atoms with van der Waals surface area (Å²) in [6.45, 7) is 0.0659. The third kappa shape index (κ3) is 5.59. The summed E-state index contributed by atoms with van der Waals surface area (Å²) < 4.78 is 63.7. The van der Waals surface area contributed by atoms with E-state index in [1.165, 1.54) is 12.1 Å². The number of nitrogens with zero attached hydrogens (tertiary/aromatic N) is 1. The summed E-state index contributed by atoms with van der Waals surface area (Å²) in [5, 5.41) is 2.16. The SMILES string of the molecule is NC(=NCC1CCCCS1(=O)=O)Nc1ccc(OC(F)(F)F)cc1. The van der Waals surface area contributed by atoms with E-state index >= 15 is 0 Å². The van der Waals surface area contributed by atoms with Gasteiger partial charge in [-0.3, -0.25) is 4.99 Å². The molecule has 3 N–H and O–H groups in total. The number of alkyl halides is 3. The number of aliphatic imine (C=N–C) groups is 1. The Morgan fingerprint density at radius 1 is 1.29 bits per heavy atom.